The standard InChI is InChI=1S/C10H10N4O5/c15-1-3-6(16)7(17)8(19-3)5-4-9(14-13-5)11-2-12-10(4)18/h2-3,6-8,15-17H,1H2/t3-,6-,7-,8?/m1/s1. The molecule has 0 saturated carbocycles. The van der Waals surface area contributed by atoms with Gasteiger partial charge < -0.3 is 20.1 Å². The molecule has 0 aromatic heterocycles. The van der Waals surface area contributed by atoms with E-state index in [2.05, 4.69) is 20.2 Å². The Balaban J connectivity index is 1.97. The van der Waals surface area contributed by atoms with E-state index in [1.165, 1.54) is 0 Å². The molecule has 3 N–H and O–H groups in total. The van der Waals surface area contributed by atoms with Crippen molar-refractivity contribution < 1.29 is 24.9 Å². The van der Waals surface area contributed by atoms with Crippen LogP contribution in [0, 0.1) is 0 Å². The molecule has 1 amide bonds. The second-order valence-electron chi connectivity index (χ2n) is 4.22. The molecule has 1 saturated heterocycles. The quantitative estimate of drug-likeness (QED) is 0.539. The van der Waals surface area contributed by atoms with Crippen molar-refractivity contribution in [1.82, 2.24) is 0 Å². The molecule has 3 heterocycles. The van der Waals surface area contributed by atoms with Gasteiger partial charge in [0.05, 0.1) is 6.61 Å². The maximum absolute atomic E-state index is 11.7. The third-order valence-electron chi connectivity index (χ3n) is 3.11. The summed E-state index contributed by atoms with van der Waals surface area (Å²) in [6.45, 7) is -0.457. The van der Waals surface area contributed by atoms with Crippen LogP contribution in [0.25, 0.3) is 0 Å². The van der Waals surface area contributed by atoms with Crippen molar-refractivity contribution in [3.63, 3.8) is 0 Å². The van der Waals surface area contributed by atoms with Gasteiger partial charge in [-0.05, 0) is 0 Å². The molecule has 0 spiro atoms. The summed E-state index contributed by atoms with van der Waals surface area (Å²) in [5, 5.41) is 36.0. The summed E-state index contributed by atoms with van der Waals surface area (Å²) in [5.41, 5.74) is 0.125. The zero-order chi connectivity index (χ0) is 13.6. The van der Waals surface area contributed by atoms with Crippen molar-refractivity contribution in [3.05, 3.63) is 11.3 Å². The van der Waals surface area contributed by atoms with Crippen LogP contribution in [0.1, 0.15) is 0 Å². The number of ether oxygens (including phenoxy) is 1. The predicted molar refractivity (Wildman–Crippen MR) is 60.6 cm³/mol. The Bertz CT molecular complexity index is 552. The Morgan fingerprint density at radius 2 is 2.05 bits per heavy atom. The number of carbonyl (C=O) groups excluding carboxylic acids is 1. The number of aliphatic hydroxyl groups is 3. The van der Waals surface area contributed by atoms with Crippen molar-refractivity contribution in [2.24, 2.45) is 20.2 Å². The summed E-state index contributed by atoms with van der Waals surface area (Å²) in [6, 6.07) is 0. The molecule has 0 bridgehead atoms. The number of amides is 1. The van der Waals surface area contributed by atoms with Gasteiger partial charge in [0.15, 0.2) is 5.84 Å². The average molecular weight is 266 g/mol. The second kappa shape index (κ2) is 4.38. The largest absolute Gasteiger partial charge is 0.394 e. The third-order valence-corrected chi connectivity index (χ3v) is 3.11. The minimum atomic E-state index is -1.31. The van der Waals surface area contributed by atoms with Crippen molar-refractivity contribution >= 4 is 18.1 Å². The lowest BCUT2D eigenvalue weighted by atomic mass is 10.0. The first kappa shape index (κ1) is 12.2. The predicted octanol–water partition coefficient (Wildman–Crippen LogP) is -1.85. The highest BCUT2D eigenvalue weighted by molar-refractivity contribution is 6.27. The molecule has 1 unspecified atom stereocenters. The average Bonchev–Trinajstić information content (AvgIpc) is 2.94. The maximum Gasteiger partial charge on any atom is 0.284 e. The zero-order valence-corrected chi connectivity index (χ0v) is 9.54. The van der Waals surface area contributed by atoms with Gasteiger partial charge in [-0.25, -0.2) is 4.99 Å². The van der Waals surface area contributed by atoms with E-state index in [4.69, 9.17) is 9.84 Å². The molecule has 0 aromatic carbocycles. The van der Waals surface area contributed by atoms with Gasteiger partial charge in [-0.3, -0.25) is 4.79 Å². The maximum atomic E-state index is 11.7. The molecule has 1 fully saturated rings. The molecule has 4 atom stereocenters. The summed E-state index contributed by atoms with van der Waals surface area (Å²) < 4.78 is 5.30. The van der Waals surface area contributed by atoms with Gasteiger partial charge in [0.25, 0.3) is 5.91 Å². The van der Waals surface area contributed by atoms with Crippen molar-refractivity contribution in [2.45, 2.75) is 24.4 Å². The van der Waals surface area contributed by atoms with Crippen LogP contribution in [-0.4, -0.2) is 64.4 Å². The fourth-order valence-corrected chi connectivity index (χ4v) is 2.14. The van der Waals surface area contributed by atoms with Crippen LogP contribution in [0.3, 0.4) is 0 Å². The number of nitrogens with zero attached hydrogens (tertiary/aromatic N) is 4. The van der Waals surface area contributed by atoms with Gasteiger partial charge in [-0.1, -0.05) is 0 Å². The molecule has 9 heteroatoms. The van der Waals surface area contributed by atoms with Crippen LogP contribution in [0.5, 0.6) is 0 Å². The van der Waals surface area contributed by atoms with E-state index in [9.17, 15) is 15.0 Å². The van der Waals surface area contributed by atoms with Crippen LogP contribution >= 0.6 is 0 Å². The lowest BCUT2D eigenvalue weighted by Crippen LogP contribution is -2.34. The van der Waals surface area contributed by atoms with Crippen molar-refractivity contribution in [2.75, 3.05) is 6.61 Å². The summed E-state index contributed by atoms with van der Waals surface area (Å²) in [7, 11) is 0. The van der Waals surface area contributed by atoms with Crippen LogP contribution < -0.4 is 0 Å². The third kappa shape index (κ3) is 1.75. The number of carbonyl (C=O) groups is 1. The number of hydrogen-bond donors (Lipinski definition) is 3. The molecule has 19 heavy (non-hydrogen) atoms. The van der Waals surface area contributed by atoms with E-state index in [0.717, 1.165) is 6.34 Å². The molecule has 9 nitrogen and oxygen atoms in total. The molecular weight excluding hydrogens is 256 g/mol. The summed E-state index contributed by atoms with van der Waals surface area (Å²) in [5.74, 6) is -0.476. The topological polar surface area (TPSA) is 136 Å². The number of aliphatic hydroxyl groups excluding tert-OH is 3. The van der Waals surface area contributed by atoms with Gasteiger partial charge in [-0.15, -0.1) is 10.2 Å². The Hall–Kier alpha value is -1.81. The monoisotopic (exact) mass is 266 g/mol. The molecule has 100 valence electrons. The number of amidine groups is 1. The highest BCUT2D eigenvalue weighted by atomic mass is 16.6. The van der Waals surface area contributed by atoms with E-state index in [1.807, 2.05) is 0 Å². The molecule has 3 rings (SSSR count). The number of aliphatic imine (C=N–C) groups is 2. The van der Waals surface area contributed by atoms with E-state index in [1.54, 1.807) is 0 Å². The normalized spacial score (nSPS) is 37.0. The number of hydrogen-bond acceptors (Lipinski definition) is 8. The SMILES string of the molecule is O=C1N=CN=C2N=NC(C3O[C@H](CO)[C@@H](O)[C@H]3O)=C12. The highest BCUT2D eigenvalue weighted by Gasteiger charge is 2.47. The van der Waals surface area contributed by atoms with Crippen LogP contribution in [-0.2, 0) is 9.53 Å². The van der Waals surface area contributed by atoms with Crippen LogP contribution in [0.2, 0.25) is 0 Å². The van der Waals surface area contributed by atoms with Gasteiger partial charge >= 0.3 is 0 Å². The Labute approximate surface area is 106 Å². The first-order chi connectivity index (χ1) is 9.13. The minimum absolute atomic E-state index is 0.0531. The molecule has 3 aliphatic heterocycles. The molecule has 0 radical (unpaired) electrons. The molecule has 0 aromatic rings. The summed E-state index contributed by atoms with van der Waals surface area (Å²) >= 11 is 0. The minimum Gasteiger partial charge on any atom is -0.394 e. The number of rotatable bonds is 2. The fraction of sp³-hybridized carbons (Fsp3) is 0.500. The van der Waals surface area contributed by atoms with E-state index in [-0.39, 0.29) is 17.1 Å². The van der Waals surface area contributed by atoms with E-state index >= 15 is 0 Å². The first-order valence-electron chi connectivity index (χ1n) is 5.57. The van der Waals surface area contributed by atoms with E-state index < -0.39 is 36.9 Å². The fourth-order valence-electron chi connectivity index (χ4n) is 2.14. The Morgan fingerprint density at radius 3 is 2.74 bits per heavy atom. The Morgan fingerprint density at radius 1 is 1.26 bits per heavy atom. The van der Waals surface area contributed by atoms with E-state index in [0.29, 0.717) is 0 Å². The van der Waals surface area contributed by atoms with Crippen LogP contribution in [0.15, 0.2) is 31.5 Å². The van der Waals surface area contributed by atoms with Crippen molar-refractivity contribution in [1.29, 1.82) is 0 Å². The van der Waals surface area contributed by atoms with Crippen LogP contribution in [0.4, 0.5) is 0 Å². The number of fused-ring (bicyclic) bond motifs is 1. The molecule has 3 aliphatic rings. The first-order valence-corrected chi connectivity index (χ1v) is 5.57. The van der Waals surface area contributed by atoms with Crippen molar-refractivity contribution in [3.8, 4) is 0 Å². The van der Waals surface area contributed by atoms with Gasteiger partial charge in [-0.2, -0.15) is 4.99 Å². The Kier molecular flexibility index (Phi) is 2.82. The zero-order valence-electron chi connectivity index (χ0n) is 9.54. The number of azo groups is 1. The lowest BCUT2D eigenvalue weighted by Gasteiger charge is -2.14. The highest BCUT2D eigenvalue weighted by Crippen LogP contribution is 2.33. The molecule has 0 aliphatic carbocycles. The summed E-state index contributed by atoms with van der Waals surface area (Å²) in [6.07, 6.45) is -3.49. The molecular formula is C10H10N4O5. The van der Waals surface area contributed by atoms with Gasteiger partial charge in [0, 0.05) is 0 Å². The summed E-state index contributed by atoms with van der Waals surface area (Å²) in [4.78, 5) is 19.0. The van der Waals surface area contributed by atoms with Gasteiger partial charge in [0.2, 0.25) is 0 Å². The van der Waals surface area contributed by atoms with Gasteiger partial charge in [0.1, 0.15) is 42.0 Å². The lowest BCUT2D eigenvalue weighted by molar-refractivity contribution is -0.114. The second-order valence-corrected chi connectivity index (χ2v) is 4.22. The smallest absolute Gasteiger partial charge is 0.284 e.